The van der Waals surface area contributed by atoms with Crippen LogP contribution in [-0.2, 0) is 4.74 Å². The summed E-state index contributed by atoms with van der Waals surface area (Å²) < 4.78 is 4.65. The molecule has 1 aromatic heterocycles. The number of esters is 1. The van der Waals surface area contributed by atoms with Crippen LogP contribution < -0.4 is 5.32 Å². The zero-order valence-corrected chi connectivity index (χ0v) is 9.19. The number of methoxy groups -OCH3 is 1. The van der Waals surface area contributed by atoms with Gasteiger partial charge in [-0.1, -0.05) is 6.08 Å². The van der Waals surface area contributed by atoms with Gasteiger partial charge in [0.15, 0.2) is 0 Å². The van der Waals surface area contributed by atoms with Gasteiger partial charge in [0.2, 0.25) is 0 Å². The first-order valence-corrected chi connectivity index (χ1v) is 5.26. The summed E-state index contributed by atoms with van der Waals surface area (Å²) in [5.41, 5.74) is 2.67. The van der Waals surface area contributed by atoms with Gasteiger partial charge in [-0.3, -0.25) is 0 Å². The highest BCUT2D eigenvalue weighted by Gasteiger charge is 2.10. The van der Waals surface area contributed by atoms with E-state index < -0.39 is 5.97 Å². The van der Waals surface area contributed by atoms with Crippen LogP contribution in [0, 0.1) is 0 Å². The lowest BCUT2D eigenvalue weighted by Crippen LogP contribution is -2.20. The van der Waals surface area contributed by atoms with E-state index in [1.165, 1.54) is 12.7 Å². The third-order valence-electron chi connectivity index (χ3n) is 2.59. The minimum Gasteiger partial charge on any atom is -0.464 e. The fourth-order valence-corrected chi connectivity index (χ4v) is 1.73. The Hall–Kier alpha value is -1.68. The van der Waals surface area contributed by atoms with Gasteiger partial charge in [0, 0.05) is 12.7 Å². The van der Waals surface area contributed by atoms with E-state index in [2.05, 4.69) is 21.1 Å². The Labute approximate surface area is 94.3 Å². The minimum absolute atomic E-state index is 0.361. The van der Waals surface area contributed by atoms with E-state index in [4.69, 9.17) is 0 Å². The molecule has 0 saturated heterocycles. The molecule has 0 bridgehead atoms. The van der Waals surface area contributed by atoms with Crippen molar-refractivity contribution in [1.82, 2.24) is 10.3 Å². The van der Waals surface area contributed by atoms with Crippen LogP contribution in [0.2, 0.25) is 0 Å². The summed E-state index contributed by atoms with van der Waals surface area (Å²) in [6, 6.07) is 3.70. The zero-order chi connectivity index (χ0) is 11.4. The smallest absolute Gasteiger partial charge is 0.356 e. The van der Waals surface area contributed by atoms with E-state index in [-0.39, 0.29) is 0 Å². The quantitative estimate of drug-likeness (QED) is 0.759. The molecule has 0 unspecified atom stereocenters. The van der Waals surface area contributed by atoms with E-state index >= 15 is 0 Å². The zero-order valence-electron chi connectivity index (χ0n) is 9.19. The molecule has 0 amide bonds. The molecule has 1 aliphatic rings. The van der Waals surface area contributed by atoms with Crippen molar-refractivity contribution in [3.05, 3.63) is 35.7 Å². The molecule has 0 atom stereocenters. The first kappa shape index (κ1) is 10.8. The molecule has 84 valence electrons. The maximum Gasteiger partial charge on any atom is 0.356 e. The van der Waals surface area contributed by atoms with Gasteiger partial charge in [-0.25, -0.2) is 9.78 Å². The van der Waals surface area contributed by atoms with Crippen molar-refractivity contribution < 1.29 is 9.53 Å². The second-order valence-corrected chi connectivity index (χ2v) is 3.60. The highest BCUT2D eigenvalue weighted by Crippen LogP contribution is 2.19. The Morgan fingerprint density at radius 3 is 3.12 bits per heavy atom. The Bertz CT molecular complexity index is 427. The van der Waals surface area contributed by atoms with Crippen LogP contribution in [0.5, 0.6) is 0 Å². The van der Waals surface area contributed by atoms with Crippen LogP contribution in [0.15, 0.2) is 24.4 Å². The molecule has 0 aromatic carbocycles. The number of aromatic nitrogens is 1. The molecule has 0 saturated carbocycles. The summed E-state index contributed by atoms with van der Waals surface area (Å²) in [6.07, 6.45) is 4.76. The van der Waals surface area contributed by atoms with Crippen LogP contribution >= 0.6 is 0 Å². The molecule has 1 aliphatic heterocycles. The second-order valence-electron chi connectivity index (χ2n) is 3.60. The van der Waals surface area contributed by atoms with Gasteiger partial charge < -0.3 is 10.1 Å². The Morgan fingerprint density at radius 1 is 1.56 bits per heavy atom. The Kier molecular flexibility index (Phi) is 3.31. The van der Waals surface area contributed by atoms with Gasteiger partial charge in [0.25, 0.3) is 0 Å². The number of rotatable bonds is 2. The highest BCUT2D eigenvalue weighted by molar-refractivity contribution is 5.88. The molecule has 0 spiro atoms. The number of ether oxygens (including phenoxy) is 1. The van der Waals surface area contributed by atoms with Crippen LogP contribution in [0.1, 0.15) is 22.5 Å². The largest absolute Gasteiger partial charge is 0.464 e. The predicted octanol–water partition coefficient (Wildman–Crippen LogP) is 1.24. The van der Waals surface area contributed by atoms with Crippen LogP contribution in [-0.4, -0.2) is 31.2 Å². The number of hydrogen-bond acceptors (Lipinski definition) is 4. The van der Waals surface area contributed by atoms with Gasteiger partial charge >= 0.3 is 5.97 Å². The van der Waals surface area contributed by atoms with E-state index in [1.54, 1.807) is 12.3 Å². The molecule has 1 N–H and O–H groups in total. The molecule has 0 radical (unpaired) electrons. The lowest BCUT2D eigenvalue weighted by Gasteiger charge is -2.14. The standard InChI is InChI=1S/C12H14N2O2/c1-16-12(15)11-8-10(4-7-14-11)9-2-5-13-6-3-9/h2,4,7-8,13H,3,5-6H2,1H3. The van der Waals surface area contributed by atoms with Crippen molar-refractivity contribution >= 4 is 11.5 Å². The number of carbonyl (C=O) groups excluding carboxylic acids is 1. The van der Waals surface area contributed by atoms with Crippen molar-refractivity contribution in [2.24, 2.45) is 0 Å². The molecule has 4 nitrogen and oxygen atoms in total. The molecule has 0 aliphatic carbocycles. The molecule has 2 rings (SSSR count). The minimum atomic E-state index is -0.392. The monoisotopic (exact) mass is 218 g/mol. The van der Waals surface area contributed by atoms with Crippen molar-refractivity contribution in [3.8, 4) is 0 Å². The number of pyridine rings is 1. The van der Waals surface area contributed by atoms with Gasteiger partial charge in [-0.15, -0.1) is 0 Å². The van der Waals surface area contributed by atoms with Gasteiger partial charge in [-0.05, 0) is 36.2 Å². The summed E-state index contributed by atoms with van der Waals surface area (Å²) >= 11 is 0. The van der Waals surface area contributed by atoms with Crippen LogP contribution in [0.3, 0.4) is 0 Å². The van der Waals surface area contributed by atoms with Gasteiger partial charge in [-0.2, -0.15) is 0 Å². The molecular weight excluding hydrogens is 204 g/mol. The molecule has 2 heterocycles. The lowest BCUT2D eigenvalue weighted by molar-refractivity contribution is 0.0594. The topological polar surface area (TPSA) is 51.2 Å². The predicted molar refractivity (Wildman–Crippen MR) is 61.0 cm³/mol. The number of carbonyl (C=O) groups is 1. The van der Waals surface area contributed by atoms with Crippen LogP contribution in [0.25, 0.3) is 5.57 Å². The normalized spacial score (nSPS) is 15.4. The maximum atomic E-state index is 11.3. The van der Waals surface area contributed by atoms with E-state index in [1.807, 2.05) is 6.07 Å². The molecule has 1 aromatic rings. The molecule has 4 heteroatoms. The maximum absolute atomic E-state index is 11.3. The van der Waals surface area contributed by atoms with Crippen molar-refractivity contribution in [2.75, 3.05) is 20.2 Å². The van der Waals surface area contributed by atoms with E-state index in [0.29, 0.717) is 5.69 Å². The summed E-state index contributed by atoms with van der Waals surface area (Å²) in [5.74, 6) is -0.392. The SMILES string of the molecule is COC(=O)c1cc(C2=CCNCC2)ccn1. The Balaban J connectivity index is 2.28. The van der Waals surface area contributed by atoms with E-state index in [9.17, 15) is 4.79 Å². The lowest BCUT2D eigenvalue weighted by atomic mass is 10.0. The van der Waals surface area contributed by atoms with Crippen LogP contribution in [0.4, 0.5) is 0 Å². The molecular formula is C12H14N2O2. The fraction of sp³-hybridized carbons (Fsp3) is 0.333. The summed E-state index contributed by atoms with van der Waals surface area (Å²) in [4.78, 5) is 15.3. The average molecular weight is 218 g/mol. The first-order valence-electron chi connectivity index (χ1n) is 5.26. The average Bonchev–Trinajstić information content (AvgIpc) is 2.39. The first-order chi connectivity index (χ1) is 7.81. The van der Waals surface area contributed by atoms with Gasteiger partial charge in [0.1, 0.15) is 5.69 Å². The second kappa shape index (κ2) is 4.90. The molecule has 16 heavy (non-hydrogen) atoms. The number of nitrogens with zero attached hydrogens (tertiary/aromatic N) is 1. The summed E-state index contributed by atoms with van der Waals surface area (Å²) in [7, 11) is 1.36. The fourth-order valence-electron chi connectivity index (χ4n) is 1.73. The van der Waals surface area contributed by atoms with E-state index in [0.717, 1.165) is 25.1 Å². The van der Waals surface area contributed by atoms with Crippen molar-refractivity contribution in [1.29, 1.82) is 0 Å². The number of nitrogens with one attached hydrogen (secondary N) is 1. The Morgan fingerprint density at radius 2 is 2.44 bits per heavy atom. The summed E-state index contributed by atoms with van der Waals surface area (Å²) in [5, 5.41) is 3.25. The van der Waals surface area contributed by atoms with Crippen molar-refractivity contribution in [2.45, 2.75) is 6.42 Å². The van der Waals surface area contributed by atoms with Crippen molar-refractivity contribution in [3.63, 3.8) is 0 Å². The third-order valence-corrected chi connectivity index (χ3v) is 2.59. The number of hydrogen-bond donors (Lipinski definition) is 1. The summed E-state index contributed by atoms with van der Waals surface area (Å²) in [6.45, 7) is 1.85. The molecule has 0 fully saturated rings. The van der Waals surface area contributed by atoms with Gasteiger partial charge in [0.05, 0.1) is 7.11 Å². The third kappa shape index (κ3) is 2.28. The highest BCUT2D eigenvalue weighted by atomic mass is 16.5.